The summed E-state index contributed by atoms with van der Waals surface area (Å²) < 4.78 is 0. The molecule has 1 unspecified atom stereocenters. The van der Waals surface area contributed by atoms with E-state index in [0.717, 1.165) is 5.56 Å². The maximum atomic E-state index is 10.3. The molecule has 68 valence electrons. The van der Waals surface area contributed by atoms with Crippen molar-refractivity contribution in [3.8, 4) is 0 Å². The lowest BCUT2D eigenvalue weighted by molar-refractivity contribution is -0.138. The Kier molecular flexibility index (Phi) is 4.31. The highest BCUT2D eigenvalue weighted by atomic mass is 35.5. The molecule has 5 nitrogen and oxygen atoms in total. The number of carboxylic acid groups (broad SMARTS) is 1. The summed E-state index contributed by atoms with van der Waals surface area (Å²) in [6.07, 6.45) is 3.50. The molecule has 12 heavy (non-hydrogen) atoms. The van der Waals surface area contributed by atoms with Crippen molar-refractivity contribution in [3.63, 3.8) is 0 Å². The number of hydrogen-bond acceptors (Lipinski definition) is 3. The van der Waals surface area contributed by atoms with Gasteiger partial charge in [0.1, 0.15) is 6.04 Å². The Bertz CT molecular complexity index is 237. The highest BCUT2D eigenvalue weighted by Crippen LogP contribution is 1.97. The SMILES string of the molecule is Cl.NC(Cc1cn[nH]c1)C(=O)O. The molecule has 1 atom stereocenters. The molecule has 0 fully saturated rings. The number of rotatable bonds is 3. The average Bonchev–Trinajstić information content (AvgIpc) is 2.39. The Labute approximate surface area is 75.4 Å². The highest BCUT2D eigenvalue weighted by Gasteiger charge is 2.11. The molecule has 0 radical (unpaired) electrons. The van der Waals surface area contributed by atoms with E-state index in [2.05, 4.69) is 10.2 Å². The van der Waals surface area contributed by atoms with Crippen molar-refractivity contribution in [2.24, 2.45) is 5.73 Å². The molecule has 0 aliphatic rings. The third kappa shape index (κ3) is 2.89. The van der Waals surface area contributed by atoms with Crippen molar-refractivity contribution < 1.29 is 9.90 Å². The zero-order chi connectivity index (χ0) is 8.27. The first kappa shape index (κ1) is 10.9. The Morgan fingerprint density at radius 3 is 2.92 bits per heavy atom. The molecule has 1 heterocycles. The lowest BCUT2D eigenvalue weighted by atomic mass is 10.1. The molecule has 0 saturated carbocycles. The van der Waals surface area contributed by atoms with E-state index in [4.69, 9.17) is 10.8 Å². The van der Waals surface area contributed by atoms with Crippen LogP contribution in [0.3, 0.4) is 0 Å². The van der Waals surface area contributed by atoms with Gasteiger partial charge in [0.05, 0.1) is 6.20 Å². The summed E-state index contributed by atoms with van der Waals surface area (Å²) in [4.78, 5) is 10.3. The molecule has 6 heteroatoms. The molecule has 0 aliphatic heterocycles. The van der Waals surface area contributed by atoms with Gasteiger partial charge in [0.2, 0.25) is 0 Å². The number of carboxylic acids is 1. The lowest BCUT2D eigenvalue weighted by Gasteiger charge is -2.01. The Morgan fingerprint density at radius 2 is 2.50 bits per heavy atom. The van der Waals surface area contributed by atoms with E-state index in [0.29, 0.717) is 6.42 Å². The average molecular weight is 192 g/mol. The first-order valence-electron chi connectivity index (χ1n) is 3.16. The topological polar surface area (TPSA) is 92.0 Å². The first-order chi connectivity index (χ1) is 5.20. The van der Waals surface area contributed by atoms with E-state index in [1.54, 1.807) is 12.4 Å². The maximum absolute atomic E-state index is 10.3. The smallest absolute Gasteiger partial charge is 0.320 e. The minimum absolute atomic E-state index is 0. The molecule has 0 aliphatic carbocycles. The largest absolute Gasteiger partial charge is 0.480 e. The molecule has 1 aromatic heterocycles. The number of halogens is 1. The zero-order valence-corrected chi connectivity index (χ0v) is 7.04. The van der Waals surface area contributed by atoms with Crippen molar-refractivity contribution in [2.75, 3.05) is 0 Å². The second-order valence-electron chi connectivity index (χ2n) is 2.26. The third-order valence-corrected chi connectivity index (χ3v) is 1.33. The minimum atomic E-state index is -0.994. The summed E-state index contributed by atoms with van der Waals surface area (Å²) in [7, 11) is 0. The van der Waals surface area contributed by atoms with E-state index in [9.17, 15) is 4.79 Å². The van der Waals surface area contributed by atoms with Gasteiger partial charge in [-0.05, 0) is 5.56 Å². The van der Waals surface area contributed by atoms with Gasteiger partial charge in [-0.1, -0.05) is 0 Å². The number of carbonyl (C=O) groups is 1. The van der Waals surface area contributed by atoms with E-state index in [1.807, 2.05) is 0 Å². The van der Waals surface area contributed by atoms with E-state index >= 15 is 0 Å². The Hall–Kier alpha value is -1.07. The van der Waals surface area contributed by atoms with Crippen LogP contribution >= 0.6 is 12.4 Å². The summed E-state index contributed by atoms with van der Waals surface area (Å²) in [6.45, 7) is 0. The predicted octanol–water partition coefficient (Wildman–Crippen LogP) is -0.214. The molecule has 0 spiro atoms. The summed E-state index contributed by atoms with van der Waals surface area (Å²) >= 11 is 0. The number of hydrogen-bond donors (Lipinski definition) is 3. The molecule has 0 amide bonds. The fourth-order valence-corrected chi connectivity index (χ4v) is 0.731. The van der Waals surface area contributed by atoms with Gasteiger partial charge in [-0.15, -0.1) is 12.4 Å². The Balaban J connectivity index is 0.00000121. The second-order valence-corrected chi connectivity index (χ2v) is 2.26. The number of nitrogens with two attached hydrogens (primary N) is 1. The van der Waals surface area contributed by atoms with Crippen LogP contribution < -0.4 is 5.73 Å². The maximum Gasteiger partial charge on any atom is 0.320 e. The lowest BCUT2D eigenvalue weighted by Crippen LogP contribution is -2.32. The standard InChI is InChI=1S/C6H9N3O2.ClH/c7-5(6(10)11)1-4-2-8-9-3-4;/h2-3,5H,1,7H2,(H,8,9)(H,10,11);1H. The zero-order valence-electron chi connectivity index (χ0n) is 6.23. The van der Waals surface area contributed by atoms with Crippen molar-refractivity contribution >= 4 is 18.4 Å². The minimum Gasteiger partial charge on any atom is -0.480 e. The molecular weight excluding hydrogens is 182 g/mol. The predicted molar refractivity (Wildman–Crippen MR) is 45.2 cm³/mol. The third-order valence-electron chi connectivity index (χ3n) is 1.33. The van der Waals surface area contributed by atoms with Gasteiger partial charge >= 0.3 is 5.97 Å². The highest BCUT2D eigenvalue weighted by molar-refractivity contribution is 5.85. The first-order valence-corrected chi connectivity index (χ1v) is 3.16. The van der Waals surface area contributed by atoms with Crippen LogP contribution in [0.4, 0.5) is 0 Å². The summed E-state index contributed by atoms with van der Waals surface area (Å²) in [5, 5.41) is 14.7. The fourth-order valence-electron chi connectivity index (χ4n) is 0.731. The molecule has 0 bridgehead atoms. The van der Waals surface area contributed by atoms with Crippen LogP contribution in [-0.4, -0.2) is 27.3 Å². The van der Waals surface area contributed by atoms with Gasteiger partial charge in [0.15, 0.2) is 0 Å². The molecule has 0 saturated heterocycles. The molecule has 4 N–H and O–H groups in total. The van der Waals surface area contributed by atoms with Gasteiger partial charge in [0, 0.05) is 12.6 Å². The second kappa shape index (κ2) is 4.74. The van der Waals surface area contributed by atoms with Gasteiger partial charge in [-0.25, -0.2) is 0 Å². The number of aliphatic carboxylic acids is 1. The van der Waals surface area contributed by atoms with Gasteiger partial charge in [0.25, 0.3) is 0 Å². The number of nitrogens with zero attached hydrogens (tertiary/aromatic N) is 1. The number of aromatic amines is 1. The van der Waals surface area contributed by atoms with Crippen LogP contribution in [0.2, 0.25) is 0 Å². The van der Waals surface area contributed by atoms with Crippen LogP contribution in [0.5, 0.6) is 0 Å². The molecular formula is C6H10ClN3O2. The number of aromatic nitrogens is 2. The Morgan fingerprint density at radius 1 is 1.83 bits per heavy atom. The van der Waals surface area contributed by atoms with Gasteiger partial charge < -0.3 is 10.8 Å². The van der Waals surface area contributed by atoms with Crippen LogP contribution in [0.1, 0.15) is 5.56 Å². The van der Waals surface area contributed by atoms with Crippen LogP contribution in [-0.2, 0) is 11.2 Å². The molecule has 1 aromatic rings. The quantitative estimate of drug-likeness (QED) is 0.616. The van der Waals surface area contributed by atoms with Crippen LogP contribution in [0, 0.1) is 0 Å². The monoisotopic (exact) mass is 191 g/mol. The number of H-pyrrole nitrogens is 1. The van der Waals surface area contributed by atoms with Crippen molar-refractivity contribution in [1.29, 1.82) is 0 Å². The van der Waals surface area contributed by atoms with Crippen molar-refractivity contribution in [1.82, 2.24) is 10.2 Å². The summed E-state index contributed by atoms with van der Waals surface area (Å²) in [5.74, 6) is -0.994. The summed E-state index contributed by atoms with van der Waals surface area (Å²) in [5.41, 5.74) is 6.07. The van der Waals surface area contributed by atoms with E-state index in [-0.39, 0.29) is 12.4 Å². The number of nitrogens with one attached hydrogen (secondary N) is 1. The normalized spacial score (nSPS) is 11.8. The van der Waals surface area contributed by atoms with Crippen molar-refractivity contribution in [2.45, 2.75) is 12.5 Å². The molecule has 1 rings (SSSR count). The van der Waals surface area contributed by atoms with Crippen LogP contribution in [0.25, 0.3) is 0 Å². The fraction of sp³-hybridized carbons (Fsp3) is 0.333. The molecule has 0 aromatic carbocycles. The van der Waals surface area contributed by atoms with Crippen LogP contribution in [0.15, 0.2) is 12.4 Å². The van der Waals surface area contributed by atoms with Crippen molar-refractivity contribution in [3.05, 3.63) is 18.0 Å². The van der Waals surface area contributed by atoms with Gasteiger partial charge in [-0.2, -0.15) is 5.10 Å². The van der Waals surface area contributed by atoms with E-state index in [1.165, 1.54) is 0 Å². The van der Waals surface area contributed by atoms with E-state index < -0.39 is 12.0 Å². The van der Waals surface area contributed by atoms with Gasteiger partial charge in [-0.3, -0.25) is 9.89 Å². The summed E-state index contributed by atoms with van der Waals surface area (Å²) in [6, 6.07) is -0.840.